The number of esters is 1. The maximum atomic E-state index is 12.0. The summed E-state index contributed by atoms with van der Waals surface area (Å²) in [7, 11) is 0. The van der Waals surface area contributed by atoms with Gasteiger partial charge in [-0.3, -0.25) is 10.1 Å². The Labute approximate surface area is 174 Å². The lowest BCUT2D eigenvalue weighted by atomic mass is 10.1. The van der Waals surface area contributed by atoms with E-state index in [0.717, 1.165) is 15.9 Å². The van der Waals surface area contributed by atoms with Crippen molar-refractivity contribution < 1.29 is 18.9 Å². The summed E-state index contributed by atoms with van der Waals surface area (Å²) in [6.45, 7) is 1.50. The number of nitro groups is 1. The van der Waals surface area contributed by atoms with Crippen molar-refractivity contribution in [3.8, 4) is 22.8 Å². The van der Waals surface area contributed by atoms with Crippen LogP contribution in [0.2, 0.25) is 0 Å². The highest BCUT2D eigenvalue weighted by Crippen LogP contribution is 2.21. The second kappa shape index (κ2) is 8.49. The average Bonchev–Trinajstić information content (AvgIpc) is 3.43. The zero-order chi connectivity index (χ0) is 21.8. The number of aryl methyl sites for hydroxylation is 1. The van der Waals surface area contributed by atoms with Gasteiger partial charge >= 0.3 is 5.97 Å². The van der Waals surface area contributed by atoms with Crippen molar-refractivity contribution in [2.45, 2.75) is 20.1 Å². The molecule has 4 rings (SSSR count). The minimum atomic E-state index is -0.608. The Morgan fingerprint density at radius 1 is 1.06 bits per heavy atom. The van der Waals surface area contributed by atoms with E-state index < -0.39 is 10.9 Å². The lowest BCUT2D eigenvalue weighted by Crippen LogP contribution is -2.15. The van der Waals surface area contributed by atoms with E-state index in [9.17, 15) is 14.9 Å². The van der Waals surface area contributed by atoms with Crippen LogP contribution in [0.1, 0.15) is 11.5 Å². The Bertz CT molecular complexity index is 1220. The molecule has 0 saturated carbocycles. The minimum absolute atomic E-state index is 0.0512. The summed E-state index contributed by atoms with van der Waals surface area (Å²) in [6, 6.07) is 13.2. The van der Waals surface area contributed by atoms with E-state index in [0.29, 0.717) is 11.4 Å². The SMILES string of the molecule is Cc1ccc(-c2nnn(CC(=O)OCc3nnc(-c4ccc([N+](=O)[O-])cc4)o3)n2)cc1. The van der Waals surface area contributed by atoms with E-state index in [2.05, 4.69) is 25.6 Å². The smallest absolute Gasteiger partial charge is 0.330 e. The quantitative estimate of drug-likeness (QED) is 0.247. The van der Waals surface area contributed by atoms with Crippen LogP contribution in [0.25, 0.3) is 22.8 Å². The zero-order valence-electron chi connectivity index (χ0n) is 16.2. The van der Waals surface area contributed by atoms with E-state index in [4.69, 9.17) is 9.15 Å². The van der Waals surface area contributed by atoms with E-state index in [1.807, 2.05) is 31.2 Å². The van der Waals surface area contributed by atoms with E-state index in [1.54, 1.807) is 0 Å². The number of aromatic nitrogens is 6. The van der Waals surface area contributed by atoms with Crippen LogP contribution in [0.15, 0.2) is 52.9 Å². The molecular weight excluding hydrogens is 406 g/mol. The molecular formula is C19H15N7O5. The van der Waals surface area contributed by atoms with Crippen molar-refractivity contribution in [1.29, 1.82) is 0 Å². The van der Waals surface area contributed by atoms with Gasteiger partial charge in [0.2, 0.25) is 11.7 Å². The standard InChI is InChI=1S/C19H15N7O5/c1-12-2-4-13(5-3-12)18-21-24-25(23-18)10-17(27)30-11-16-20-22-19(31-16)14-6-8-15(9-7-14)26(28)29/h2-9H,10-11H2,1H3. The predicted octanol–water partition coefficient (Wildman–Crippen LogP) is 2.35. The van der Waals surface area contributed by atoms with Crippen molar-refractivity contribution in [3.05, 3.63) is 70.1 Å². The maximum absolute atomic E-state index is 12.0. The van der Waals surface area contributed by atoms with Crippen LogP contribution in [-0.4, -0.2) is 41.3 Å². The fraction of sp³-hybridized carbons (Fsp3) is 0.158. The molecule has 0 fully saturated rings. The summed E-state index contributed by atoms with van der Waals surface area (Å²) in [5.74, 6) is 0.0237. The average molecular weight is 421 g/mol. The number of benzene rings is 2. The molecule has 0 unspecified atom stereocenters. The molecule has 31 heavy (non-hydrogen) atoms. The van der Waals surface area contributed by atoms with E-state index in [1.165, 1.54) is 24.3 Å². The number of hydrogen-bond acceptors (Lipinski definition) is 10. The maximum Gasteiger partial charge on any atom is 0.330 e. The van der Waals surface area contributed by atoms with Crippen LogP contribution in [0, 0.1) is 17.0 Å². The van der Waals surface area contributed by atoms with Crippen LogP contribution >= 0.6 is 0 Å². The highest BCUT2D eigenvalue weighted by molar-refractivity contribution is 5.69. The van der Waals surface area contributed by atoms with Crippen LogP contribution in [0.3, 0.4) is 0 Å². The minimum Gasteiger partial charge on any atom is -0.454 e. The Morgan fingerprint density at radius 3 is 2.48 bits per heavy atom. The molecule has 0 amide bonds. The van der Waals surface area contributed by atoms with Gasteiger partial charge in [0.05, 0.1) is 4.92 Å². The van der Waals surface area contributed by atoms with Crippen molar-refractivity contribution in [3.63, 3.8) is 0 Å². The van der Waals surface area contributed by atoms with Crippen molar-refractivity contribution >= 4 is 11.7 Å². The van der Waals surface area contributed by atoms with Crippen LogP contribution in [0.4, 0.5) is 5.69 Å². The largest absolute Gasteiger partial charge is 0.454 e. The predicted molar refractivity (Wildman–Crippen MR) is 104 cm³/mol. The molecule has 4 aromatic rings. The fourth-order valence-electron chi connectivity index (χ4n) is 2.59. The van der Waals surface area contributed by atoms with Gasteiger partial charge in [-0.1, -0.05) is 29.8 Å². The Balaban J connectivity index is 1.32. The highest BCUT2D eigenvalue weighted by atomic mass is 16.6. The molecule has 0 radical (unpaired) electrons. The normalized spacial score (nSPS) is 10.7. The number of hydrogen-bond donors (Lipinski definition) is 0. The molecule has 0 saturated heterocycles. The van der Waals surface area contributed by atoms with Crippen molar-refractivity contribution in [2.75, 3.05) is 0 Å². The first-order chi connectivity index (χ1) is 15.0. The van der Waals surface area contributed by atoms with Gasteiger partial charge in [-0.25, -0.2) is 4.79 Å². The van der Waals surface area contributed by atoms with Gasteiger partial charge in [-0.05, 0) is 24.3 Å². The van der Waals surface area contributed by atoms with Gasteiger partial charge in [0.15, 0.2) is 13.2 Å². The van der Waals surface area contributed by atoms with Crippen LogP contribution in [0.5, 0.6) is 0 Å². The zero-order valence-corrected chi connectivity index (χ0v) is 16.2. The van der Waals surface area contributed by atoms with Gasteiger partial charge in [0, 0.05) is 23.3 Å². The van der Waals surface area contributed by atoms with E-state index in [-0.39, 0.29) is 30.6 Å². The monoisotopic (exact) mass is 421 g/mol. The number of rotatable bonds is 7. The lowest BCUT2D eigenvalue weighted by Gasteiger charge is -2.00. The molecule has 12 nitrogen and oxygen atoms in total. The molecule has 0 aliphatic heterocycles. The number of carbonyl (C=O) groups is 1. The molecule has 0 aliphatic carbocycles. The third kappa shape index (κ3) is 4.75. The van der Waals surface area contributed by atoms with Crippen molar-refractivity contribution in [2.24, 2.45) is 0 Å². The van der Waals surface area contributed by atoms with E-state index >= 15 is 0 Å². The number of nitro benzene ring substituents is 1. The Morgan fingerprint density at radius 2 is 1.77 bits per heavy atom. The summed E-state index contributed by atoms with van der Waals surface area (Å²) in [5, 5.41) is 30.3. The molecule has 2 aromatic heterocycles. The van der Waals surface area contributed by atoms with Crippen LogP contribution < -0.4 is 0 Å². The summed E-state index contributed by atoms with van der Waals surface area (Å²) in [4.78, 5) is 23.4. The third-order valence-electron chi connectivity index (χ3n) is 4.18. The molecule has 156 valence electrons. The molecule has 0 bridgehead atoms. The summed E-state index contributed by atoms with van der Waals surface area (Å²) >= 11 is 0. The number of non-ortho nitro benzene ring substituents is 1. The molecule has 2 aromatic carbocycles. The second-order valence-corrected chi connectivity index (χ2v) is 6.48. The molecule has 12 heteroatoms. The highest BCUT2D eigenvalue weighted by Gasteiger charge is 2.14. The first-order valence-corrected chi connectivity index (χ1v) is 9.05. The Hall–Kier alpha value is -4.48. The number of carbonyl (C=O) groups excluding carboxylic acids is 1. The summed E-state index contributed by atoms with van der Waals surface area (Å²) < 4.78 is 10.5. The van der Waals surface area contributed by atoms with Gasteiger partial charge in [-0.15, -0.1) is 20.4 Å². The Kier molecular flexibility index (Phi) is 5.43. The second-order valence-electron chi connectivity index (χ2n) is 6.48. The first-order valence-electron chi connectivity index (χ1n) is 9.05. The molecule has 0 aliphatic rings. The first kappa shape index (κ1) is 19.8. The van der Waals surface area contributed by atoms with Gasteiger partial charge in [-0.2, -0.15) is 4.80 Å². The summed E-state index contributed by atoms with van der Waals surface area (Å²) in [5.41, 5.74) is 2.35. The van der Waals surface area contributed by atoms with Crippen molar-refractivity contribution in [1.82, 2.24) is 30.4 Å². The molecule has 0 atom stereocenters. The lowest BCUT2D eigenvalue weighted by molar-refractivity contribution is -0.384. The fourth-order valence-corrected chi connectivity index (χ4v) is 2.59. The molecule has 0 N–H and O–H groups in total. The van der Waals surface area contributed by atoms with Gasteiger partial charge < -0.3 is 9.15 Å². The molecule has 2 heterocycles. The van der Waals surface area contributed by atoms with Gasteiger partial charge in [0.1, 0.15) is 0 Å². The molecule has 0 spiro atoms. The number of ether oxygens (including phenoxy) is 1. The van der Waals surface area contributed by atoms with Gasteiger partial charge in [0.25, 0.3) is 11.6 Å². The topological polar surface area (TPSA) is 152 Å². The number of tetrazole rings is 1. The number of nitrogens with zero attached hydrogens (tertiary/aromatic N) is 7. The van der Waals surface area contributed by atoms with Crippen LogP contribution in [-0.2, 0) is 22.7 Å². The third-order valence-corrected chi connectivity index (χ3v) is 4.18. The summed E-state index contributed by atoms with van der Waals surface area (Å²) in [6.07, 6.45) is 0.